The second-order valence-electron chi connectivity index (χ2n) is 3.58. The molecule has 0 saturated heterocycles. The first-order valence-corrected chi connectivity index (χ1v) is 6.63. The largest absolute Gasteiger partial charge is 0.449 e. The van der Waals surface area contributed by atoms with Gasteiger partial charge in [-0.1, -0.05) is 6.07 Å². The number of fused-ring (bicyclic) bond motifs is 1. The average Bonchev–Trinajstić information content (AvgIpc) is 2.70. The van der Waals surface area contributed by atoms with Crippen molar-refractivity contribution in [1.29, 1.82) is 0 Å². The summed E-state index contributed by atoms with van der Waals surface area (Å²) in [6.07, 6.45) is 0.885. The van der Waals surface area contributed by atoms with E-state index in [1.165, 1.54) is 29.0 Å². The van der Waals surface area contributed by atoms with Crippen molar-refractivity contribution in [3.05, 3.63) is 30.5 Å². The van der Waals surface area contributed by atoms with E-state index in [0.717, 1.165) is 0 Å². The van der Waals surface area contributed by atoms with Crippen molar-refractivity contribution >= 4 is 27.1 Å². The third kappa shape index (κ3) is 2.22. The molecule has 96 valence electrons. The molecule has 18 heavy (non-hydrogen) atoms. The highest BCUT2D eigenvalue weighted by molar-refractivity contribution is 7.85. The Labute approximate surface area is 104 Å². The molecule has 6 nitrogen and oxygen atoms in total. The van der Waals surface area contributed by atoms with Crippen LogP contribution in [0.4, 0.5) is 4.79 Å². The van der Waals surface area contributed by atoms with E-state index < -0.39 is 16.2 Å². The lowest BCUT2D eigenvalue weighted by Gasteiger charge is -2.04. The molecule has 0 fully saturated rings. The number of nitrogens with zero attached hydrogens (tertiary/aromatic N) is 1. The van der Waals surface area contributed by atoms with Gasteiger partial charge in [-0.25, -0.2) is 4.79 Å². The van der Waals surface area contributed by atoms with E-state index >= 15 is 0 Å². The maximum Gasteiger partial charge on any atom is 0.418 e. The van der Waals surface area contributed by atoms with Crippen LogP contribution in [0.15, 0.2) is 35.4 Å². The van der Waals surface area contributed by atoms with E-state index in [1.54, 1.807) is 13.0 Å². The fourth-order valence-electron chi connectivity index (χ4n) is 1.62. The molecule has 0 aliphatic heterocycles. The molecule has 0 amide bonds. The summed E-state index contributed by atoms with van der Waals surface area (Å²) in [6.45, 7) is 1.89. The number of hydrogen-bond donors (Lipinski definition) is 1. The van der Waals surface area contributed by atoms with Crippen LogP contribution in [0.5, 0.6) is 0 Å². The van der Waals surface area contributed by atoms with Gasteiger partial charge < -0.3 is 4.74 Å². The molecule has 0 saturated carbocycles. The second-order valence-corrected chi connectivity index (χ2v) is 5.00. The van der Waals surface area contributed by atoms with Crippen LogP contribution in [0.25, 0.3) is 10.9 Å². The lowest BCUT2D eigenvalue weighted by Crippen LogP contribution is -2.12. The van der Waals surface area contributed by atoms with Gasteiger partial charge in [0.25, 0.3) is 10.1 Å². The number of hydrogen-bond acceptors (Lipinski definition) is 4. The molecule has 7 heteroatoms. The first kappa shape index (κ1) is 12.6. The molecule has 0 unspecified atom stereocenters. The molecular weight excluding hydrogens is 258 g/mol. The second kappa shape index (κ2) is 4.43. The summed E-state index contributed by atoms with van der Waals surface area (Å²) in [5, 5.41) is 0.676. The van der Waals surface area contributed by atoms with E-state index in [9.17, 15) is 13.2 Å². The van der Waals surface area contributed by atoms with Crippen molar-refractivity contribution in [2.45, 2.75) is 11.8 Å². The fourth-order valence-corrected chi connectivity index (χ4v) is 2.12. The van der Waals surface area contributed by atoms with Gasteiger partial charge >= 0.3 is 6.09 Å². The highest BCUT2D eigenvalue weighted by Crippen LogP contribution is 2.20. The van der Waals surface area contributed by atoms with Crippen LogP contribution in [0.1, 0.15) is 6.92 Å². The van der Waals surface area contributed by atoms with Gasteiger partial charge in [-0.3, -0.25) is 9.12 Å². The molecule has 2 rings (SSSR count). The van der Waals surface area contributed by atoms with Crippen LogP contribution in [0.3, 0.4) is 0 Å². The molecule has 1 aromatic heterocycles. The first-order chi connectivity index (χ1) is 8.43. The van der Waals surface area contributed by atoms with Gasteiger partial charge in [-0.2, -0.15) is 8.42 Å². The van der Waals surface area contributed by atoms with Crippen LogP contribution < -0.4 is 0 Å². The van der Waals surface area contributed by atoms with Gasteiger partial charge in [0.05, 0.1) is 17.0 Å². The molecule has 0 radical (unpaired) electrons. The molecule has 0 aliphatic rings. The smallest absolute Gasteiger partial charge is 0.418 e. The Morgan fingerprint density at radius 2 is 2.11 bits per heavy atom. The summed E-state index contributed by atoms with van der Waals surface area (Å²) in [4.78, 5) is 11.3. The minimum atomic E-state index is -4.29. The Morgan fingerprint density at radius 3 is 2.72 bits per heavy atom. The minimum Gasteiger partial charge on any atom is -0.449 e. The van der Waals surface area contributed by atoms with Crippen LogP contribution in [0, 0.1) is 0 Å². The number of ether oxygens (including phenoxy) is 1. The zero-order valence-corrected chi connectivity index (χ0v) is 10.3. The summed E-state index contributed by atoms with van der Waals surface area (Å²) in [5.74, 6) is 0. The maximum absolute atomic E-state index is 11.6. The molecule has 0 atom stereocenters. The Kier molecular flexibility index (Phi) is 3.10. The van der Waals surface area contributed by atoms with Gasteiger partial charge in [0.15, 0.2) is 0 Å². The monoisotopic (exact) mass is 269 g/mol. The lowest BCUT2D eigenvalue weighted by molar-refractivity contribution is 0.155. The summed E-state index contributed by atoms with van der Waals surface area (Å²) >= 11 is 0. The van der Waals surface area contributed by atoms with E-state index in [-0.39, 0.29) is 11.5 Å². The molecule has 2 aromatic rings. The van der Waals surface area contributed by atoms with Gasteiger partial charge in [0.2, 0.25) is 0 Å². The van der Waals surface area contributed by atoms with Crippen LogP contribution in [-0.2, 0) is 14.9 Å². The lowest BCUT2D eigenvalue weighted by atomic mass is 10.2. The van der Waals surface area contributed by atoms with Crippen LogP contribution in [0.2, 0.25) is 0 Å². The topological polar surface area (TPSA) is 85.6 Å². The van der Waals surface area contributed by atoms with Gasteiger partial charge in [-0.15, -0.1) is 0 Å². The Balaban J connectivity index is 2.60. The molecule has 0 bridgehead atoms. The first-order valence-electron chi connectivity index (χ1n) is 5.19. The Hall–Kier alpha value is -1.86. The predicted molar refractivity (Wildman–Crippen MR) is 64.2 cm³/mol. The standard InChI is InChI=1S/C11H11NO5S/c1-2-17-11(13)12-6-5-8-3-4-9(7-10(8)12)18(14,15)16/h3-7H,2H2,1H3,(H,14,15,16). The molecule has 1 N–H and O–H groups in total. The predicted octanol–water partition coefficient (Wildman–Crippen LogP) is 1.89. The van der Waals surface area contributed by atoms with Crippen molar-refractivity contribution in [2.75, 3.05) is 6.61 Å². The number of rotatable bonds is 2. The molecule has 1 heterocycles. The molecule has 1 aromatic carbocycles. The summed E-state index contributed by atoms with van der Waals surface area (Å²) in [5.41, 5.74) is 0.364. The molecule has 0 aliphatic carbocycles. The van der Waals surface area contributed by atoms with Crippen molar-refractivity contribution in [1.82, 2.24) is 4.57 Å². The summed E-state index contributed by atoms with van der Waals surface area (Å²) in [7, 11) is -4.29. The van der Waals surface area contributed by atoms with Gasteiger partial charge in [0, 0.05) is 11.6 Å². The number of benzene rings is 1. The number of aromatic nitrogens is 1. The summed E-state index contributed by atoms with van der Waals surface area (Å²) < 4.78 is 37.1. The van der Waals surface area contributed by atoms with Crippen LogP contribution in [-0.4, -0.2) is 30.2 Å². The molecule has 0 spiro atoms. The fraction of sp³-hybridized carbons (Fsp3) is 0.182. The molecular formula is C11H11NO5S. The number of carbonyl (C=O) groups excluding carboxylic acids is 1. The quantitative estimate of drug-likeness (QED) is 0.841. The van der Waals surface area contributed by atoms with E-state index in [0.29, 0.717) is 10.9 Å². The zero-order valence-electron chi connectivity index (χ0n) is 9.53. The van der Waals surface area contributed by atoms with Gasteiger partial charge in [-0.05, 0) is 25.1 Å². The van der Waals surface area contributed by atoms with Crippen LogP contribution >= 0.6 is 0 Å². The SMILES string of the molecule is CCOC(=O)n1ccc2ccc(S(=O)(=O)O)cc21. The van der Waals surface area contributed by atoms with E-state index in [4.69, 9.17) is 9.29 Å². The van der Waals surface area contributed by atoms with Crippen molar-refractivity contribution in [3.63, 3.8) is 0 Å². The van der Waals surface area contributed by atoms with E-state index in [2.05, 4.69) is 0 Å². The van der Waals surface area contributed by atoms with Crippen molar-refractivity contribution < 1.29 is 22.5 Å². The summed E-state index contributed by atoms with van der Waals surface area (Å²) in [6, 6.07) is 5.66. The van der Waals surface area contributed by atoms with Crippen molar-refractivity contribution in [3.8, 4) is 0 Å². The minimum absolute atomic E-state index is 0.219. The van der Waals surface area contributed by atoms with Crippen molar-refractivity contribution in [2.24, 2.45) is 0 Å². The highest BCUT2D eigenvalue weighted by Gasteiger charge is 2.14. The van der Waals surface area contributed by atoms with E-state index in [1.807, 2.05) is 0 Å². The Morgan fingerprint density at radius 1 is 1.39 bits per heavy atom. The van der Waals surface area contributed by atoms with Gasteiger partial charge in [0.1, 0.15) is 0 Å². The average molecular weight is 269 g/mol. The normalized spacial score (nSPS) is 11.7. The number of carbonyl (C=O) groups is 1. The Bertz CT molecular complexity index is 701. The zero-order chi connectivity index (χ0) is 13.3. The third-order valence-electron chi connectivity index (χ3n) is 2.43. The maximum atomic E-state index is 11.6. The highest BCUT2D eigenvalue weighted by atomic mass is 32.2. The third-order valence-corrected chi connectivity index (χ3v) is 3.28.